The molecule has 1 aromatic carbocycles. The van der Waals surface area contributed by atoms with Crippen molar-refractivity contribution in [2.24, 2.45) is 0 Å². The van der Waals surface area contributed by atoms with Gasteiger partial charge in [0, 0.05) is 31.0 Å². The third-order valence-corrected chi connectivity index (χ3v) is 4.55. The number of halogens is 1. The summed E-state index contributed by atoms with van der Waals surface area (Å²) in [5.41, 5.74) is 2.23. The maximum atomic E-state index is 13.2. The molecule has 1 N–H and O–H groups in total. The number of fused-ring (bicyclic) bond motifs is 1. The summed E-state index contributed by atoms with van der Waals surface area (Å²) in [7, 11) is 0. The molecule has 4 rings (SSSR count). The van der Waals surface area contributed by atoms with Gasteiger partial charge in [-0.25, -0.2) is 19.2 Å². The van der Waals surface area contributed by atoms with Gasteiger partial charge in [-0.3, -0.25) is 0 Å². The first-order valence-corrected chi connectivity index (χ1v) is 8.30. The van der Waals surface area contributed by atoms with Gasteiger partial charge in [0.05, 0.1) is 6.33 Å². The van der Waals surface area contributed by atoms with Crippen molar-refractivity contribution >= 4 is 22.9 Å². The highest BCUT2D eigenvalue weighted by atomic mass is 19.1. The number of nitrogens with zero attached hydrogens (tertiary/aromatic N) is 4. The van der Waals surface area contributed by atoms with Gasteiger partial charge >= 0.3 is 6.03 Å². The second kappa shape index (κ2) is 6.51. The molecule has 25 heavy (non-hydrogen) atoms. The first-order chi connectivity index (χ1) is 12.2. The van der Waals surface area contributed by atoms with E-state index >= 15 is 0 Å². The van der Waals surface area contributed by atoms with Crippen LogP contribution in [0.2, 0.25) is 0 Å². The van der Waals surface area contributed by atoms with Crippen molar-refractivity contribution in [3.8, 4) is 0 Å². The van der Waals surface area contributed by atoms with Gasteiger partial charge in [-0.05, 0) is 43.2 Å². The quantitative estimate of drug-likeness (QED) is 0.778. The Labute approximate surface area is 144 Å². The van der Waals surface area contributed by atoms with E-state index in [1.807, 2.05) is 18.5 Å². The molecule has 0 spiro atoms. The van der Waals surface area contributed by atoms with Crippen molar-refractivity contribution in [3.63, 3.8) is 0 Å². The molecule has 2 amide bonds. The van der Waals surface area contributed by atoms with E-state index in [0.717, 1.165) is 24.0 Å². The molecule has 1 aliphatic heterocycles. The number of amides is 2. The van der Waals surface area contributed by atoms with E-state index in [1.165, 1.54) is 12.1 Å². The largest absolute Gasteiger partial charge is 0.324 e. The fourth-order valence-corrected chi connectivity index (χ4v) is 3.25. The number of likely N-dealkylation sites (tertiary alicyclic amines) is 1. The zero-order valence-corrected chi connectivity index (χ0v) is 13.6. The van der Waals surface area contributed by atoms with Crippen LogP contribution < -0.4 is 5.32 Å². The number of benzene rings is 1. The van der Waals surface area contributed by atoms with E-state index in [4.69, 9.17) is 0 Å². The molecular formula is C18H18FN5O. The maximum Gasteiger partial charge on any atom is 0.321 e. The number of rotatable bonds is 2. The first-order valence-electron chi connectivity index (χ1n) is 8.30. The fourth-order valence-electron chi connectivity index (χ4n) is 3.25. The molecule has 3 aromatic rings. The van der Waals surface area contributed by atoms with Crippen LogP contribution in [0.25, 0.3) is 11.2 Å². The highest BCUT2D eigenvalue weighted by Gasteiger charge is 2.25. The van der Waals surface area contributed by atoms with Crippen LogP contribution in [0, 0.1) is 5.82 Å². The first kappa shape index (κ1) is 15.6. The van der Waals surface area contributed by atoms with Crippen LogP contribution in [0.3, 0.4) is 0 Å². The number of pyridine rings is 1. The van der Waals surface area contributed by atoms with Gasteiger partial charge in [0.2, 0.25) is 0 Å². The molecule has 6 nitrogen and oxygen atoms in total. The minimum absolute atomic E-state index is 0.197. The molecule has 7 heteroatoms. The molecule has 0 saturated carbocycles. The second-order valence-corrected chi connectivity index (χ2v) is 6.16. The van der Waals surface area contributed by atoms with Crippen molar-refractivity contribution in [3.05, 3.63) is 54.7 Å². The minimum atomic E-state index is -0.365. The van der Waals surface area contributed by atoms with Gasteiger partial charge in [-0.15, -0.1) is 0 Å². The maximum absolute atomic E-state index is 13.2. The summed E-state index contributed by atoms with van der Waals surface area (Å²) in [5.74, 6) is -0.365. The van der Waals surface area contributed by atoms with Crippen molar-refractivity contribution in [1.29, 1.82) is 0 Å². The lowest BCUT2D eigenvalue weighted by molar-refractivity contribution is 0.184. The van der Waals surface area contributed by atoms with Gasteiger partial charge in [-0.2, -0.15) is 0 Å². The molecule has 2 aromatic heterocycles. The lowest BCUT2D eigenvalue weighted by Crippen LogP contribution is -2.41. The van der Waals surface area contributed by atoms with E-state index in [1.54, 1.807) is 23.2 Å². The van der Waals surface area contributed by atoms with E-state index < -0.39 is 0 Å². The average molecular weight is 339 g/mol. The number of anilines is 1. The van der Waals surface area contributed by atoms with Gasteiger partial charge < -0.3 is 14.8 Å². The summed E-state index contributed by atoms with van der Waals surface area (Å²) in [5, 5.41) is 2.75. The summed E-state index contributed by atoms with van der Waals surface area (Å²) in [4.78, 5) is 22.9. The van der Waals surface area contributed by atoms with E-state index in [-0.39, 0.29) is 17.9 Å². The topological polar surface area (TPSA) is 63.1 Å². The Kier molecular flexibility index (Phi) is 4.05. The van der Waals surface area contributed by atoms with Gasteiger partial charge in [0.15, 0.2) is 5.65 Å². The third-order valence-electron chi connectivity index (χ3n) is 4.55. The minimum Gasteiger partial charge on any atom is -0.324 e. The molecule has 0 radical (unpaired) electrons. The van der Waals surface area contributed by atoms with Crippen LogP contribution in [0.4, 0.5) is 14.9 Å². The summed E-state index contributed by atoms with van der Waals surface area (Å²) in [6, 6.07) is 9.82. The number of piperidine rings is 1. The molecule has 0 bridgehead atoms. The number of hydrogen-bond acceptors (Lipinski definition) is 3. The molecule has 0 atom stereocenters. The Bertz CT molecular complexity index is 901. The standard InChI is InChI=1S/C18H18FN5O/c19-13-3-1-4-14(11-13)22-18(25)23-9-6-15(7-10-23)24-12-21-16-5-2-8-20-17(16)24/h1-5,8,11-12,15H,6-7,9-10H2,(H,22,25). The SMILES string of the molecule is O=C(Nc1cccc(F)c1)N1CCC(n2cnc3cccnc32)CC1. The number of nitrogens with one attached hydrogen (secondary N) is 1. The number of imidazole rings is 1. The van der Waals surface area contributed by atoms with Crippen LogP contribution in [0.1, 0.15) is 18.9 Å². The van der Waals surface area contributed by atoms with Gasteiger partial charge in [-0.1, -0.05) is 6.07 Å². The van der Waals surface area contributed by atoms with Crippen LogP contribution in [-0.2, 0) is 0 Å². The van der Waals surface area contributed by atoms with Crippen LogP contribution >= 0.6 is 0 Å². The highest BCUT2D eigenvalue weighted by Crippen LogP contribution is 2.26. The predicted molar refractivity (Wildman–Crippen MR) is 92.8 cm³/mol. The van der Waals surface area contributed by atoms with Crippen molar-refractivity contribution in [1.82, 2.24) is 19.4 Å². The summed E-state index contributed by atoms with van der Waals surface area (Å²) in [6.45, 7) is 1.27. The summed E-state index contributed by atoms with van der Waals surface area (Å²) in [6.07, 6.45) is 5.25. The third kappa shape index (κ3) is 3.17. The zero-order chi connectivity index (χ0) is 17.2. The van der Waals surface area contributed by atoms with E-state index in [9.17, 15) is 9.18 Å². The normalized spacial score (nSPS) is 15.5. The molecule has 0 aliphatic carbocycles. The summed E-state index contributed by atoms with van der Waals surface area (Å²) >= 11 is 0. The summed E-state index contributed by atoms with van der Waals surface area (Å²) < 4.78 is 15.3. The molecule has 1 aliphatic rings. The van der Waals surface area contributed by atoms with Gasteiger partial charge in [0.25, 0.3) is 0 Å². The molecule has 1 fully saturated rings. The number of carbonyl (C=O) groups excluding carboxylic acids is 1. The molecule has 128 valence electrons. The molecular weight excluding hydrogens is 321 g/mol. The highest BCUT2D eigenvalue weighted by molar-refractivity contribution is 5.89. The lowest BCUT2D eigenvalue weighted by atomic mass is 10.1. The van der Waals surface area contributed by atoms with Crippen molar-refractivity contribution in [2.75, 3.05) is 18.4 Å². The smallest absolute Gasteiger partial charge is 0.321 e. The van der Waals surface area contributed by atoms with Crippen molar-refractivity contribution < 1.29 is 9.18 Å². The van der Waals surface area contributed by atoms with Gasteiger partial charge in [0.1, 0.15) is 11.3 Å². The van der Waals surface area contributed by atoms with Crippen LogP contribution in [0.15, 0.2) is 48.9 Å². The molecule has 3 heterocycles. The molecule has 0 unspecified atom stereocenters. The van der Waals surface area contributed by atoms with E-state index in [0.29, 0.717) is 18.8 Å². The van der Waals surface area contributed by atoms with E-state index in [2.05, 4.69) is 19.9 Å². The average Bonchev–Trinajstić information content (AvgIpc) is 3.06. The lowest BCUT2D eigenvalue weighted by Gasteiger charge is -2.32. The van der Waals surface area contributed by atoms with Crippen molar-refractivity contribution in [2.45, 2.75) is 18.9 Å². The fraction of sp³-hybridized carbons (Fsp3) is 0.278. The Hall–Kier alpha value is -2.96. The Morgan fingerprint density at radius 3 is 2.80 bits per heavy atom. The number of urea groups is 1. The number of aromatic nitrogens is 3. The molecule has 1 saturated heterocycles. The van der Waals surface area contributed by atoms with Crippen LogP contribution in [-0.4, -0.2) is 38.6 Å². The number of carbonyl (C=O) groups is 1. The predicted octanol–water partition coefficient (Wildman–Crippen LogP) is 3.44. The Balaban J connectivity index is 1.40. The zero-order valence-electron chi connectivity index (χ0n) is 13.6. The Morgan fingerprint density at radius 2 is 2.00 bits per heavy atom. The number of hydrogen-bond donors (Lipinski definition) is 1. The monoisotopic (exact) mass is 339 g/mol. The van der Waals surface area contributed by atoms with Crippen LogP contribution in [0.5, 0.6) is 0 Å². The Morgan fingerprint density at radius 1 is 1.16 bits per heavy atom. The second-order valence-electron chi connectivity index (χ2n) is 6.16.